The molecule has 40 heavy (non-hydrogen) atoms. The number of carbonyl (C=O) groups is 1. The first kappa shape index (κ1) is 31.2. The third kappa shape index (κ3) is 8.83. The van der Waals surface area contributed by atoms with E-state index in [0.29, 0.717) is 19.8 Å². The summed E-state index contributed by atoms with van der Waals surface area (Å²) in [7, 11) is 0. The van der Waals surface area contributed by atoms with Crippen LogP contribution in [0.3, 0.4) is 0 Å². The van der Waals surface area contributed by atoms with Crippen molar-refractivity contribution in [1.82, 2.24) is 0 Å². The molecule has 0 atom stereocenters. The molecule has 0 saturated heterocycles. The number of carboxylic acid groups (broad SMARTS) is 1. The Kier molecular flexibility index (Phi) is 11.6. The second-order valence-corrected chi connectivity index (χ2v) is 11.0. The maximum absolute atomic E-state index is 10.4. The molecule has 0 fully saturated rings. The zero-order valence-corrected chi connectivity index (χ0v) is 24.6. The predicted molar refractivity (Wildman–Crippen MR) is 159 cm³/mol. The fourth-order valence-corrected chi connectivity index (χ4v) is 4.50. The van der Waals surface area contributed by atoms with Gasteiger partial charge in [-0.2, -0.15) is 0 Å². The molecule has 0 aromatic heterocycles. The van der Waals surface area contributed by atoms with Crippen LogP contribution in [0.5, 0.6) is 11.5 Å². The van der Waals surface area contributed by atoms with E-state index in [1.54, 1.807) is 0 Å². The summed E-state index contributed by atoms with van der Waals surface area (Å²) in [5, 5.41) is 8.55. The molecule has 216 valence electrons. The van der Waals surface area contributed by atoms with Crippen molar-refractivity contribution in [1.29, 1.82) is 0 Å². The van der Waals surface area contributed by atoms with Crippen LogP contribution >= 0.6 is 0 Å². The van der Waals surface area contributed by atoms with Crippen LogP contribution in [0.2, 0.25) is 0 Å². The second kappa shape index (κ2) is 14.9. The van der Waals surface area contributed by atoms with E-state index in [1.165, 1.54) is 22.3 Å². The minimum absolute atomic E-state index is 0.157. The summed E-state index contributed by atoms with van der Waals surface area (Å²) in [5.74, 6) is 0.716. The number of ether oxygens (including phenoxy) is 4. The molecule has 1 N–H and O–H groups in total. The van der Waals surface area contributed by atoms with E-state index in [9.17, 15) is 4.79 Å². The fourth-order valence-electron chi connectivity index (χ4n) is 4.50. The first-order chi connectivity index (χ1) is 19.1. The lowest BCUT2D eigenvalue weighted by atomic mass is 9.73. The van der Waals surface area contributed by atoms with Crippen LogP contribution in [0.4, 0.5) is 0 Å². The summed E-state index contributed by atoms with van der Waals surface area (Å²) in [5.41, 5.74) is 4.63. The molecule has 0 unspecified atom stereocenters. The minimum atomic E-state index is -0.985. The normalized spacial score (nSPS) is 11.8. The van der Waals surface area contributed by atoms with E-state index < -0.39 is 5.97 Å². The Balaban J connectivity index is 1.60. The number of carboxylic acids is 1. The molecule has 0 amide bonds. The molecule has 0 spiro atoms. The molecule has 0 radical (unpaired) electrons. The molecule has 3 aromatic rings. The standard InChI is InChI=1S/C34H44O6/c1-6-7-19-39-30-15-11-26(12-16-30)33(2,3)28-9-8-10-29(24-28)34(4,5)27-13-17-31(18-14-27)40-23-22-37-20-21-38-25-32(35)36/h8-18,24H,6-7,19-23,25H2,1-5H3,(H,35,36). The average Bonchev–Trinajstić information content (AvgIpc) is 2.95. The average molecular weight is 549 g/mol. The van der Waals surface area contributed by atoms with Gasteiger partial charge < -0.3 is 24.1 Å². The molecule has 3 rings (SSSR count). The van der Waals surface area contributed by atoms with Crippen molar-refractivity contribution in [2.75, 3.05) is 39.6 Å². The summed E-state index contributed by atoms with van der Waals surface area (Å²) in [6.45, 7) is 13.0. The van der Waals surface area contributed by atoms with Gasteiger partial charge in [-0.1, -0.05) is 89.6 Å². The van der Waals surface area contributed by atoms with Gasteiger partial charge in [0.05, 0.1) is 26.4 Å². The first-order valence-corrected chi connectivity index (χ1v) is 14.1. The quantitative estimate of drug-likeness (QED) is 0.183. The van der Waals surface area contributed by atoms with Crippen molar-refractivity contribution in [3.8, 4) is 11.5 Å². The van der Waals surface area contributed by atoms with Crippen molar-refractivity contribution in [3.63, 3.8) is 0 Å². The summed E-state index contributed by atoms with van der Waals surface area (Å²) in [6.07, 6.45) is 2.19. The lowest BCUT2D eigenvalue weighted by molar-refractivity contribution is -0.142. The number of rotatable bonds is 17. The molecule has 6 nitrogen and oxygen atoms in total. The largest absolute Gasteiger partial charge is 0.494 e. The molecule has 0 saturated carbocycles. The van der Waals surface area contributed by atoms with E-state index in [-0.39, 0.29) is 24.0 Å². The van der Waals surface area contributed by atoms with Gasteiger partial charge in [0, 0.05) is 10.8 Å². The molecular formula is C34H44O6. The zero-order chi connectivity index (χ0) is 29.0. The lowest BCUT2D eigenvalue weighted by Crippen LogP contribution is -2.23. The van der Waals surface area contributed by atoms with Crippen molar-refractivity contribution in [2.45, 2.75) is 58.3 Å². The highest BCUT2D eigenvalue weighted by molar-refractivity contribution is 5.67. The summed E-state index contributed by atoms with van der Waals surface area (Å²) in [6, 6.07) is 25.6. The summed E-state index contributed by atoms with van der Waals surface area (Å²) >= 11 is 0. The predicted octanol–water partition coefficient (Wildman–Crippen LogP) is 7.01. The van der Waals surface area contributed by atoms with Crippen LogP contribution in [0.25, 0.3) is 0 Å². The van der Waals surface area contributed by atoms with Crippen molar-refractivity contribution in [2.24, 2.45) is 0 Å². The van der Waals surface area contributed by atoms with Crippen LogP contribution in [0.15, 0.2) is 72.8 Å². The number of hydrogen-bond acceptors (Lipinski definition) is 5. The van der Waals surface area contributed by atoms with Gasteiger partial charge >= 0.3 is 5.97 Å². The highest BCUT2D eigenvalue weighted by Crippen LogP contribution is 2.37. The van der Waals surface area contributed by atoms with Crippen molar-refractivity contribution < 1.29 is 28.8 Å². The number of aliphatic carboxylic acids is 1. The van der Waals surface area contributed by atoms with Crippen LogP contribution in [0, 0.1) is 0 Å². The van der Waals surface area contributed by atoms with Gasteiger partial charge in [-0.3, -0.25) is 0 Å². The Bertz CT molecular complexity index is 1180. The highest BCUT2D eigenvalue weighted by atomic mass is 16.5. The smallest absolute Gasteiger partial charge is 0.329 e. The van der Waals surface area contributed by atoms with Crippen molar-refractivity contribution >= 4 is 5.97 Å². The van der Waals surface area contributed by atoms with Gasteiger partial charge in [0.15, 0.2) is 0 Å². The maximum atomic E-state index is 10.4. The first-order valence-electron chi connectivity index (χ1n) is 14.1. The Morgan fingerprint density at radius 1 is 0.650 bits per heavy atom. The number of benzene rings is 3. The summed E-state index contributed by atoms with van der Waals surface area (Å²) < 4.78 is 22.0. The molecule has 0 aliphatic rings. The molecule has 0 aliphatic heterocycles. The van der Waals surface area contributed by atoms with Gasteiger partial charge in [0.25, 0.3) is 0 Å². The minimum Gasteiger partial charge on any atom is -0.494 e. The highest BCUT2D eigenvalue weighted by Gasteiger charge is 2.28. The van der Waals surface area contributed by atoms with E-state index in [1.807, 2.05) is 12.1 Å². The molecule has 0 bridgehead atoms. The Hall–Kier alpha value is -3.35. The lowest BCUT2D eigenvalue weighted by Gasteiger charge is -2.31. The topological polar surface area (TPSA) is 74.2 Å². The summed E-state index contributed by atoms with van der Waals surface area (Å²) in [4.78, 5) is 10.4. The van der Waals surface area contributed by atoms with Gasteiger partial charge in [0.1, 0.15) is 24.7 Å². The molecule has 6 heteroatoms. The van der Waals surface area contributed by atoms with E-state index in [2.05, 4.69) is 95.3 Å². The maximum Gasteiger partial charge on any atom is 0.329 e. The zero-order valence-electron chi connectivity index (χ0n) is 24.6. The van der Waals surface area contributed by atoms with Crippen LogP contribution in [-0.2, 0) is 25.1 Å². The third-order valence-electron chi connectivity index (χ3n) is 7.32. The fraction of sp³-hybridized carbons (Fsp3) is 0.441. The van der Waals surface area contributed by atoms with E-state index in [0.717, 1.165) is 30.9 Å². The van der Waals surface area contributed by atoms with E-state index >= 15 is 0 Å². The molecule has 0 heterocycles. The van der Waals surface area contributed by atoms with Crippen LogP contribution in [-0.4, -0.2) is 50.7 Å². The Morgan fingerprint density at radius 3 is 1.62 bits per heavy atom. The monoisotopic (exact) mass is 548 g/mol. The molecule has 3 aromatic carbocycles. The second-order valence-electron chi connectivity index (χ2n) is 11.0. The Morgan fingerprint density at radius 2 is 1.12 bits per heavy atom. The van der Waals surface area contributed by atoms with Gasteiger partial charge in [-0.05, 0) is 52.9 Å². The van der Waals surface area contributed by atoms with Gasteiger partial charge in [-0.25, -0.2) is 4.79 Å². The SMILES string of the molecule is CCCCOc1ccc(C(C)(C)c2cccc(C(C)(C)c3ccc(OCCOCCOCC(=O)O)cc3)c2)cc1. The van der Waals surface area contributed by atoms with E-state index in [4.69, 9.17) is 24.1 Å². The molecule has 0 aliphatic carbocycles. The Labute approximate surface area is 239 Å². The molecular weight excluding hydrogens is 504 g/mol. The third-order valence-corrected chi connectivity index (χ3v) is 7.32. The van der Waals surface area contributed by atoms with Crippen LogP contribution in [0.1, 0.15) is 69.7 Å². The van der Waals surface area contributed by atoms with Gasteiger partial charge in [0.2, 0.25) is 0 Å². The number of unbranched alkanes of at least 4 members (excludes halogenated alkanes) is 1. The number of hydrogen-bond donors (Lipinski definition) is 1. The van der Waals surface area contributed by atoms with Crippen molar-refractivity contribution in [3.05, 3.63) is 95.1 Å². The van der Waals surface area contributed by atoms with Gasteiger partial charge in [-0.15, -0.1) is 0 Å². The van der Waals surface area contributed by atoms with Crippen LogP contribution < -0.4 is 9.47 Å².